The van der Waals surface area contributed by atoms with E-state index in [2.05, 4.69) is 5.32 Å². The molecule has 1 aliphatic rings. The van der Waals surface area contributed by atoms with Crippen molar-refractivity contribution in [3.63, 3.8) is 0 Å². The maximum Gasteiger partial charge on any atom is 0.267 e. The molecule has 2 aromatic carbocycles. The smallest absolute Gasteiger partial charge is 0.267 e. The molecule has 1 aliphatic heterocycles. The molecule has 1 heterocycles. The van der Waals surface area contributed by atoms with E-state index < -0.39 is 22.0 Å². The van der Waals surface area contributed by atoms with E-state index >= 15 is 0 Å². The monoisotopic (exact) mass is 376 g/mol. The van der Waals surface area contributed by atoms with Gasteiger partial charge in [0.25, 0.3) is 5.91 Å². The van der Waals surface area contributed by atoms with Crippen LogP contribution in [0.5, 0.6) is 11.5 Å². The lowest BCUT2D eigenvalue weighted by molar-refractivity contribution is -0.122. The highest BCUT2D eigenvalue weighted by Crippen LogP contribution is 2.35. The van der Waals surface area contributed by atoms with E-state index in [9.17, 15) is 13.2 Å². The Bertz CT molecular complexity index is 913. The van der Waals surface area contributed by atoms with Crippen molar-refractivity contribution < 1.29 is 22.7 Å². The minimum absolute atomic E-state index is 0.0673. The standard InChI is InChI=1S/C18H20N2O5S/c1-3-26(22,23)20-12-17(25-16-11-7-5-9-14(16)20)18(21)19-13-8-4-6-10-15(13)24-2/h4-11,17H,3,12H2,1-2H3,(H,19,21). The molecule has 0 saturated heterocycles. The molecule has 0 spiro atoms. The average molecular weight is 376 g/mol. The number of anilines is 2. The molecule has 26 heavy (non-hydrogen) atoms. The van der Waals surface area contributed by atoms with Gasteiger partial charge in [0.15, 0.2) is 6.10 Å². The number of amides is 1. The minimum atomic E-state index is -3.54. The Morgan fingerprint density at radius 1 is 1.23 bits per heavy atom. The number of methoxy groups -OCH3 is 1. The van der Waals surface area contributed by atoms with Crippen LogP contribution in [-0.4, -0.2) is 39.8 Å². The molecule has 7 nitrogen and oxygen atoms in total. The summed E-state index contributed by atoms with van der Waals surface area (Å²) in [5.74, 6) is 0.355. The van der Waals surface area contributed by atoms with E-state index in [1.54, 1.807) is 55.5 Å². The largest absolute Gasteiger partial charge is 0.495 e. The normalized spacial score (nSPS) is 16.4. The molecule has 1 unspecified atom stereocenters. The second-order valence-corrected chi connectivity index (χ2v) is 7.88. The number of rotatable bonds is 5. The Morgan fingerprint density at radius 3 is 2.65 bits per heavy atom. The van der Waals surface area contributed by atoms with Gasteiger partial charge < -0.3 is 14.8 Å². The molecule has 0 aromatic heterocycles. The van der Waals surface area contributed by atoms with Crippen molar-refractivity contribution in [3.8, 4) is 11.5 Å². The predicted octanol–water partition coefficient (Wildman–Crippen LogP) is 2.25. The average Bonchev–Trinajstić information content (AvgIpc) is 2.67. The summed E-state index contributed by atoms with van der Waals surface area (Å²) in [7, 11) is -2.03. The molecule has 0 saturated carbocycles. The van der Waals surface area contributed by atoms with Crippen molar-refractivity contribution in [2.75, 3.05) is 29.0 Å². The molecule has 3 rings (SSSR count). The number of hydrogen-bond acceptors (Lipinski definition) is 5. The third kappa shape index (κ3) is 3.45. The number of para-hydroxylation sites is 4. The first kappa shape index (κ1) is 18.1. The van der Waals surface area contributed by atoms with Crippen molar-refractivity contribution in [2.45, 2.75) is 13.0 Å². The minimum Gasteiger partial charge on any atom is -0.495 e. The summed E-state index contributed by atoms with van der Waals surface area (Å²) >= 11 is 0. The SMILES string of the molecule is CCS(=O)(=O)N1CC(C(=O)Nc2ccccc2OC)Oc2ccccc21. The first-order valence-corrected chi connectivity index (χ1v) is 9.77. The molecular weight excluding hydrogens is 356 g/mol. The molecule has 8 heteroatoms. The number of nitrogens with zero attached hydrogens (tertiary/aromatic N) is 1. The highest BCUT2D eigenvalue weighted by Gasteiger charge is 2.36. The van der Waals surface area contributed by atoms with Crippen LogP contribution in [0.4, 0.5) is 11.4 Å². The molecule has 1 N–H and O–H groups in total. The van der Waals surface area contributed by atoms with Crippen molar-refractivity contribution in [1.82, 2.24) is 0 Å². The van der Waals surface area contributed by atoms with Crippen LogP contribution in [0.25, 0.3) is 0 Å². The van der Waals surface area contributed by atoms with Crippen molar-refractivity contribution in [1.29, 1.82) is 0 Å². The number of fused-ring (bicyclic) bond motifs is 1. The fourth-order valence-electron chi connectivity index (χ4n) is 2.72. The molecular formula is C18H20N2O5S. The predicted molar refractivity (Wildman–Crippen MR) is 99.3 cm³/mol. The van der Waals surface area contributed by atoms with Crippen LogP contribution < -0.4 is 19.1 Å². The molecule has 0 bridgehead atoms. The van der Waals surface area contributed by atoms with Gasteiger partial charge in [-0.05, 0) is 31.2 Å². The summed E-state index contributed by atoms with van der Waals surface area (Å²) in [4.78, 5) is 12.7. The fraction of sp³-hybridized carbons (Fsp3) is 0.278. The van der Waals surface area contributed by atoms with Gasteiger partial charge in [0, 0.05) is 0 Å². The van der Waals surface area contributed by atoms with Gasteiger partial charge in [-0.15, -0.1) is 0 Å². The summed E-state index contributed by atoms with van der Waals surface area (Å²) in [6.07, 6.45) is -0.976. The Balaban J connectivity index is 1.89. The highest BCUT2D eigenvalue weighted by atomic mass is 32.2. The number of benzene rings is 2. The quantitative estimate of drug-likeness (QED) is 0.865. The van der Waals surface area contributed by atoms with Crippen LogP contribution in [-0.2, 0) is 14.8 Å². The summed E-state index contributed by atoms with van der Waals surface area (Å²) in [6.45, 7) is 1.48. The fourth-order valence-corrected chi connectivity index (χ4v) is 3.84. The Morgan fingerprint density at radius 2 is 1.92 bits per heavy atom. The van der Waals surface area contributed by atoms with E-state index in [4.69, 9.17) is 9.47 Å². The van der Waals surface area contributed by atoms with E-state index in [-0.39, 0.29) is 12.3 Å². The van der Waals surface area contributed by atoms with Gasteiger partial charge in [-0.3, -0.25) is 9.10 Å². The second kappa shape index (κ2) is 7.25. The van der Waals surface area contributed by atoms with Crippen LogP contribution in [0.1, 0.15) is 6.92 Å². The molecule has 0 fully saturated rings. The van der Waals surface area contributed by atoms with E-state index in [0.717, 1.165) is 0 Å². The lowest BCUT2D eigenvalue weighted by Crippen LogP contribution is -2.49. The number of ether oxygens (including phenoxy) is 2. The highest BCUT2D eigenvalue weighted by molar-refractivity contribution is 7.92. The third-order valence-electron chi connectivity index (χ3n) is 4.09. The Labute approximate surface area is 152 Å². The topological polar surface area (TPSA) is 84.9 Å². The van der Waals surface area contributed by atoms with Gasteiger partial charge in [-0.2, -0.15) is 0 Å². The van der Waals surface area contributed by atoms with Crippen molar-refractivity contribution in [3.05, 3.63) is 48.5 Å². The number of sulfonamides is 1. The number of carbonyl (C=O) groups is 1. The molecule has 1 amide bonds. The van der Waals surface area contributed by atoms with E-state index in [1.165, 1.54) is 11.4 Å². The first-order chi connectivity index (χ1) is 12.5. The van der Waals surface area contributed by atoms with Gasteiger partial charge >= 0.3 is 0 Å². The second-order valence-electron chi connectivity index (χ2n) is 5.70. The van der Waals surface area contributed by atoms with Gasteiger partial charge in [0.05, 0.1) is 30.8 Å². The van der Waals surface area contributed by atoms with Crippen molar-refractivity contribution in [2.24, 2.45) is 0 Å². The van der Waals surface area contributed by atoms with Crippen LogP contribution in [0.2, 0.25) is 0 Å². The lowest BCUT2D eigenvalue weighted by Gasteiger charge is -2.34. The molecule has 2 aromatic rings. The zero-order valence-electron chi connectivity index (χ0n) is 14.5. The van der Waals surface area contributed by atoms with Crippen LogP contribution in [0.3, 0.4) is 0 Å². The van der Waals surface area contributed by atoms with Crippen LogP contribution in [0.15, 0.2) is 48.5 Å². The zero-order chi connectivity index (χ0) is 18.7. The van der Waals surface area contributed by atoms with Crippen LogP contribution >= 0.6 is 0 Å². The Hall–Kier alpha value is -2.74. The maximum atomic E-state index is 12.7. The third-order valence-corrected chi connectivity index (χ3v) is 5.84. The first-order valence-electron chi connectivity index (χ1n) is 8.16. The Kier molecular flexibility index (Phi) is 5.03. The van der Waals surface area contributed by atoms with Crippen LogP contribution in [0, 0.1) is 0 Å². The maximum absolute atomic E-state index is 12.7. The summed E-state index contributed by atoms with van der Waals surface area (Å²) < 4.78 is 37.1. The van der Waals surface area contributed by atoms with E-state index in [1.807, 2.05) is 0 Å². The van der Waals surface area contributed by atoms with Gasteiger partial charge in [0.2, 0.25) is 10.0 Å². The number of nitrogens with one attached hydrogen (secondary N) is 1. The van der Waals surface area contributed by atoms with Gasteiger partial charge in [-0.1, -0.05) is 24.3 Å². The zero-order valence-corrected chi connectivity index (χ0v) is 15.3. The molecule has 138 valence electrons. The van der Waals surface area contributed by atoms with Gasteiger partial charge in [0.1, 0.15) is 11.5 Å². The van der Waals surface area contributed by atoms with Gasteiger partial charge in [-0.25, -0.2) is 8.42 Å². The summed E-state index contributed by atoms with van der Waals surface area (Å²) in [5, 5.41) is 2.74. The van der Waals surface area contributed by atoms with E-state index in [0.29, 0.717) is 22.9 Å². The lowest BCUT2D eigenvalue weighted by atomic mass is 10.2. The molecule has 0 radical (unpaired) electrons. The number of hydrogen-bond donors (Lipinski definition) is 1. The molecule has 1 atom stereocenters. The summed E-state index contributed by atoms with van der Waals surface area (Å²) in [5.41, 5.74) is 0.933. The number of carbonyl (C=O) groups excluding carboxylic acids is 1. The summed E-state index contributed by atoms with van der Waals surface area (Å²) in [6, 6.07) is 13.8. The van der Waals surface area contributed by atoms with Crippen molar-refractivity contribution >= 4 is 27.3 Å². The molecule has 0 aliphatic carbocycles.